The van der Waals surface area contributed by atoms with Crippen molar-refractivity contribution in [2.45, 2.75) is 19.4 Å². The summed E-state index contributed by atoms with van der Waals surface area (Å²) in [6, 6.07) is 5.30. The normalized spacial score (nSPS) is 12.5. The third-order valence-electron chi connectivity index (χ3n) is 1.65. The molecule has 0 heterocycles. The Morgan fingerprint density at radius 1 is 1.46 bits per heavy atom. The molecule has 0 aliphatic carbocycles. The lowest BCUT2D eigenvalue weighted by atomic mass is 10.1. The van der Waals surface area contributed by atoms with E-state index in [0.29, 0.717) is 5.56 Å². The zero-order valence-electron chi connectivity index (χ0n) is 7.33. The van der Waals surface area contributed by atoms with Gasteiger partial charge in [0.05, 0.1) is 6.10 Å². The van der Waals surface area contributed by atoms with E-state index in [1.165, 1.54) is 24.3 Å². The molecule has 0 aliphatic rings. The van der Waals surface area contributed by atoms with E-state index < -0.39 is 6.10 Å². The molecule has 0 saturated heterocycles. The van der Waals surface area contributed by atoms with Crippen LogP contribution in [0.5, 0.6) is 0 Å². The summed E-state index contributed by atoms with van der Waals surface area (Å²) in [6.45, 7) is 1.54. The van der Waals surface area contributed by atoms with Crippen LogP contribution in [0, 0.1) is 5.82 Å². The summed E-state index contributed by atoms with van der Waals surface area (Å²) in [5.41, 5.74) is 0.433. The number of aliphatic hydroxyl groups excluding tert-OH is 1. The lowest BCUT2D eigenvalue weighted by Gasteiger charge is -2.02. The van der Waals surface area contributed by atoms with Crippen molar-refractivity contribution in [1.29, 1.82) is 0 Å². The molecule has 2 nitrogen and oxygen atoms in total. The van der Waals surface area contributed by atoms with Crippen LogP contribution in [-0.4, -0.2) is 17.0 Å². The summed E-state index contributed by atoms with van der Waals surface area (Å²) >= 11 is 0. The number of hydrogen-bond acceptors (Lipinski definition) is 2. The van der Waals surface area contributed by atoms with Gasteiger partial charge in [0.2, 0.25) is 0 Å². The molecule has 70 valence electrons. The first-order valence-corrected chi connectivity index (χ1v) is 4.06. The SMILES string of the molecule is CC(O)CC(=O)c1ccc(F)cc1. The fourth-order valence-corrected chi connectivity index (χ4v) is 1.02. The first-order valence-electron chi connectivity index (χ1n) is 4.06. The van der Waals surface area contributed by atoms with Crippen molar-refractivity contribution in [3.05, 3.63) is 35.6 Å². The summed E-state index contributed by atoms with van der Waals surface area (Å²) < 4.78 is 12.5. The molecule has 0 bridgehead atoms. The molecular formula is C10H11FO2. The van der Waals surface area contributed by atoms with E-state index in [9.17, 15) is 9.18 Å². The zero-order valence-corrected chi connectivity index (χ0v) is 7.33. The highest BCUT2D eigenvalue weighted by molar-refractivity contribution is 5.96. The first kappa shape index (κ1) is 9.86. The van der Waals surface area contributed by atoms with Crippen molar-refractivity contribution in [3.63, 3.8) is 0 Å². The van der Waals surface area contributed by atoms with E-state index in [1.54, 1.807) is 6.92 Å². The van der Waals surface area contributed by atoms with Crippen LogP contribution < -0.4 is 0 Å². The van der Waals surface area contributed by atoms with Crippen LogP contribution in [0.2, 0.25) is 0 Å². The highest BCUT2D eigenvalue weighted by Gasteiger charge is 2.08. The molecule has 0 fully saturated rings. The largest absolute Gasteiger partial charge is 0.393 e. The van der Waals surface area contributed by atoms with Gasteiger partial charge < -0.3 is 5.11 Å². The fourth-order valence-electron chi connectivity index (χ4n) is 1.02. The minimum atomic E-state index is -0.655. The predicted molar refractivity (Wildman–Crippen MR) is 47.0 cm³/mol. The minimum absolute atomic E-state index is 0.0750. The molecule has 1 aromatic rings. The van der Waals surface area contributed by atoms with Gasteiger partial charge >= 0.3 is 0 Å². The monoisotopic (exact) mass is 182 g/mol. The van der Waals surface area contributed by atoms with Gasteiger partial charge in [0.25, 0.3) is 0 Å². The van der Waals surface area contributed by atoms with E-state index in [0.717, 1.165) is 0 Å². The third kappa shape index (κ3) is 2.95. The number of Topliss-reactive ketones (excluding diaryl/α,β-unsaturated/α-hetero) is 1. The molecule has 0 spiro atoms. The Balaban J connectivity index is 2.72. The molecule has 1 rings (SSSR count). The van der Waals surface area contributed by atoms with Crippen molar-refractivity contribution in [2.24, 2.45) is 0 Å². The van der Waals surface area contributed by atoms with Crippen LogP contribution in [0.1, 0.15) is 23.7 Å². The van der Waals surface area contributed by atoms with Crippen LogP contribution in [0.3, 0.4) is 0 Å². The molecule has 13 heavy (non-hydrogen) atoms. The average Bonchev–Trinajstić information content (AvgIpc) is 2.04. The molecule has 0 saturated carbocycles. The van der Waals surface area contributed by atoms with Gasteiger partial charge in [0.1, 0.15) is 5.82 Å². The molecule has 3 heteroatoms. The summed E-state index contributed by atoms with van der Waals surface area (Å²) in [7, 11) is 0. The summed E-state index contributed by atoms with van der Waals surface area (Å²) in [4.78, 5) is 11.3. The van der Waals surface area contributed by atoms with Gasteiger partial charge in [-0.15, -0.1) is 0 Å². The van der Waals surface area contributed by atoms with Crippen molar-refractivity contribution in [3.8, 4) is 0 Å². The molecule has 0 aliphatic heterocycles. The van der Waals surface area contributed by atoms with Crippen LogP contribution in [-0.2, 0) is 0 Å². The van der Waals surface area contributed by atoms with Gasteiger partial charge in [0, 0.05) is 12.0 Å². The number of carbonyl (C=O) groups is 1. The molecule has 0 amide bonds. The molecule has 1 atom stereocenters. The zero-order chi connectivity index (χ0) is 9.84. The van der Waals surface area contributed by atoms with Crippen LogP contribution in [0.15, 0.2) is 24.3 Å². The molecule has 0 radical (unpaired) electrons. The second-order valence-electron chi connectivity index (χ2n) is 2.98. The third-order valence-corrected chi connectivity index (χ3v) is 1.65. The average molecular weight is 182 g/mol. The number of rotatable bonds is 3. The van der Waals surface area contributed by atoms with Gasteiger partial charge in [-0.05, 0) is 31.2 Å². The van der Waals surface area contributed by atoms with Gasteiger partial charge in [-0.1, -0.05) is 0 Å². The Morgan fingerprint density at radius 2 is 2.00 bits per heavy atom. The van der Waals surface area contributed by atoms with Gasteiger partial charge in [-0.2, -0.15) is 0 Å². The maximum atomic E-state index is 12.5. The minimum Gasteiger partial charge on any atom is -0.393 e. The Morgan fingerprint density at radius 3 is 2.46 bits per heavy atom. The topological polar surface area (TPSA) is 37.3 Å². The highest BCUT2D eigenvalue weighted by Crippen LogP contribution is 2.07. The number of benzene rings is 1. The Kier molecular flexibility index (Phi) is 3.14. The van der Waals surface area contributed by atoms with E-state index >= 15 is 0 Å². The number of ketones is 1. The van der Waals surface area contributed by atoms with Crippen molar-refractivity contribution in [2.75, 3.05) is 0 Å². The summed E-state index contributed by atoms with van der Waals surface area (Å²) in [5.74, 6) is -0.538. The second-order valence-corrected chi connectivity index (χ2v) is 2.98. The second kappa shape index (κ2) is 4.14. The molecular weight excluding hydrogens is 171 g/mol. The van der Waals surface area contributed by atoms with E-state index in [4.69, 9.17) is 5.11 Å². The maximum Gasteiger partial charge on any atom is 0.165 e. The fraction of sp³-hybridized carbons (Fsp3) is 0.300. The summed E-state index contributed by atoms with van der Waals surface area (Å²) in [6.07, 6.45) is -0.580. The van der Waals surface area contributed by atoms with Crippen molar-refractivity contribution < 1.29 is 14.3 Å². The van der Waals surface area contributed by atoms with Gasteiger partial charge in [-0.3, -0.25) is 4.79 Å². The quantitative estimate of drug-likeness (QED) is 0.723. The van der Waals surface area contributed by atoms with Crippen LogP contribution in [0.25, 0.3) is 0 Å². The first-order chi connectivity index (χ1) is 6.09. The van der Waals surface area contributed by atoms with Gasteiger partial charge in [0.15, 0.2) is 5.78 Å². The molecule has 1 unspecified atom stereocenters. The lowest BCUT2D eigenvalue weighted by Crippen LogP contribution is -2.09. The lowest BCUT2D eigenvalue weighted by molar-refractivity contribution is 0.0901. The molecule has 0 aromatic heterocycles. The van der Waals surface area contributed by atoms with Crippen molar-refractivity contribution >= 4 is 5.78 Å². The number of halogens is 1. The summed E-state index contributed by atoms with van der Waals surface area (Å²) in [5, 5.41) is 8.94. The number of hydrogen-bond donors (Lipinski definition) is 1. The standard InChI is InChI=1S/C10H11FO2/c1-7(12)6-10(13)8-2-4-9(11)5-3-8/h2-5,7,12H,6H2,1H3. The molecule has 1 N–H and O–H groups in total. The number of aliphatic hydroxyl groups is 1. The smallest absolute Gasteiger partial charge is 0.165 e. The number of carbonyl (C=O) groups excluding carboxylic acids is 1. The predicted octanol–water partition coefficient (Wildman–Crippen LogP) is 1.78. The Labute approximate surface area is 76.0 Å². The van der Waals surface area contributed by atoms with Crippen LogP contribution in [0.4, 0.5) is 4.39 Å². The Bertz CT molecular complexity index is 290. The maximum absolute atomic E-state index is 12.5. The Hall–Kier alpha value is -1.22. The van der Waals surface area contributed by atoms with Gasteiger partial charge in [-0.25, -0.2) is 4.39 Å². The van der Waals surface area contributed by atoms with E-state index in [2.05, 4.69) is 0 Å². The molecule has 1 aromatic carbocycles. The van der Waals surface area contributed by atoms with E-state index in [-0.39, 0.29) is 18.0 Å². The van der Waals surface area contributed by atoms with Crippen molar-refractivity contribution in [1.82, 2.24) is 0 Å². The van der Waals surface area contributed by atoms with Crippen LogP contribution >= 0.6 is 0 Å². The van der Waals surface area contributed by atoms with E-state index in [1.807, 2.05) is 0 Å². The highest BCUT2D eigenvalue weighted by atomic mass is 19.1.